The summed E-state index contributed by atoms with van der Waals surface area (Å²) in [5.74, 6) is 0.259. The molecule has 5 heteroatoms. The Kier molecular flexibility index (Phi) is 4.15. The summed E-state index contributed by atoms with van der Waals surface area (Å²) in [6.07, 6.45) is 0.478. The number of aliphatic hydroxyl groups is 2. The Morgan fingerprint density at radius 2 is 2.06 bits per heavy atom. The fourth-order valence-corrected chi connectivity index (χ4v) is 1.54. The fourth-order valence-electron chi connectivity index (χ4n) is 1.54. The largest absolute Gasteiger partial charge is 0.444 e. The van der Waals surface area contributed by atoms with E-state index in [0.29, 0.717) is 0 Å². The normalized spacial score (nSPS) is 20.1. The first-order valence-corrected chi connectivity index (χ1v) is 5.62. The van der Waals surface area contributed by atoms with Crippen LogP contribution in [0.15, 0.2) is 0 Å². The molecule has 16 heavy (non-hydrogen) atoms. The maximum absolute atomic E-state index is 11.5. The van der Waals surface area contributed by atoms with Crippen LogP contribution in [0.1, 0.15) is 33.6 Å². The summed E-state index contributed by atoms with van der Waals surface area (Å²) in [7, 11) is 0. The van der Waals surface area contributed by atoms with Crippen LogP contribution in [0.3, 0.4) is 0 Å². The predicted molar refractivity (Wildman–Crippen MR) is 59.0 cm³/mol. The highest BCUT2D eigenvalue weighted by Crippen LogP contribution is 2.34. The van der Waals surface area contributed by atoms with Gasteiger partial charge >= 0.3 is 6.09 Å². The average molecular weight is 231 g/mol. The highest BCUT2D eigenvalue weighted by molar-refractivity contribution is 5.68. The number of nitrogens with one attached hydrogen (secondary N) is 1. The van der Waals surface area contributed by atoms with Gasteiger partial charge in [0.25, 0.3) is 0 Å². The quantitative estimate of drug-likeness (QED) is 0.663. The van der Waals surface area contributed by atoms with E-state index in [9.17, 15) is 9.90 Å². The molecule has 0 bridgehead atoms. The highest BCUT2D eigenvalue weighted by Gasteiger charge is 2.37. The van der Waals surface area contributed by atoms with E-state index in [1.54, 1.807) is 20.8 Å². The zero-order valence-electron chi connectivity index (χ0n) is 10.1. The van der Waals surface area contributed by atoms with E-state index < -0.39 is 23.8 Å². The standard InChI is InChI=1S/C11H21NO4/c1-11(2,3)16-10(15)12-9(7-4-5-7)8(14)6-13/h7-9,13-14H,4-6H2,1-3H3,(H,12,15). The van der Waals surface area contributed by atoms with Gasteiger partial charge in [0.2, 0.25) is 0 Å². The van der Waals surface area contributed by atoms with Crippen LogP contribution in [-0.2, 0) is 4.74 Å². The number of amides is 1. The second-order valence-corrected chi connectivity index (χ2v) is 5.26. The van der Waals surface area contributed by atoms with Gasteiger partial charge in [-0.3, -0.25) is 0 Å². The lowest BCUT2D eigenvalue weighted by Crippen LogP contribution is -2.48. The maximum atomic E-state index is 11.5. The van der Waals surface area contributed by atoms with E-state index in [1.165, 1.54) is 0 Å². The van der Waals surface area contributed by atoms with Gasteiger partial charge in [-0.25, -0.2) is 4.79 Å². The molecule has 1 amide bonds. The summed E-state index contributed by atoms with van der Waals surface area (Å²) in [5, 5.41) is 21.1. The van der Waals surface area contributed by atoms with Gasteiger partial charge < -0.3 is 20.3 Å². The third-order valence-electron chi connectivity index (χ3n) is 2.41. The fraction of sp³-hybridized carbons (Fsp3) is 0.909. The molecule has 0 aromatic carbocycles. The summed E-state index contributed by atoms with van der Waals surface area (Å²) in [5.41, 5.74) is -0.553. The van der Waals surface area contributed by atoms with Crippen LogP contribution in [-0.4, -0.2) is 40.7 Å². The van der Waals surface area contributed by atoms with Crippen LogP contribution < -0.4 is 5.32 Å². The van der Waals surface area contributed by atoms with E-state index in [2.05, 4.69) is 5.32 Å². The van der Waals surface area contributed by atoms with Crippen molar-refractivity contribution in [3.05, 3.63) is 0 Å². The van der Waals surface area contributed by atoms with Gasteiger partial charge in [-0.1, -0.05) is 0 Å². The Balaban J connectivity index is 2.45. The van der Waals surface area contributed by atoms with E-state index in [-0.39, 0.29) is 12.5 Å². The Morgan fingerprint density at radius 3 is 2.44 bits per heavy atom. The third kappa shape index (κ3) is 4.37. The van der Waals surface area contributed by atoms with E-state index in [4.69, 9.17) is 9.84 Å². The van der Waals surface area contributed by atoms with Gasteiger partial charge in [0, 0.05) is 0 Å². The molecule has 2 unspecified atom stereocenters. The number of aliphatic hydroxyl groups excluding tert-OH is 2. The van der Waals surface area contributed by atoms with Crippen LogP contribution in [0.4, 0.5) is 4.79 Å². The number of carbonyl (C=O) groups is 1. The third-order valence-corrected chi connectivity index (χ3v) is 2.41. The van der Waals surface area contributed by atoms with Crippen LogP contribution in [0.5, 0.6) is 0 Å². The summed E-state index contributed by atoms with van der Waals surface area (Å²) in [4.78, 5) is 11.5. The molecule has 0 aliphatic heterocycles. The van der Waals surface area contributed by atoms with Crippen LogP contribution >= 0.6 is 0 Å². The van der Waals surface area contributed by atoms with Gasteiger partial charge in [-0.15, -0.1) is 0 Å². The van der Waals surface area contributed by atoms with Crippen LogP contribution in [0, 0.1) is 5.92 Å². The molecule has 1 saturated carbocycles. The summed E-state index contributed by atoms with van der Waals surface area (Å²) < 4.78 is 5.10. The van der Waals surface area contributed by atoms with Crippen LogP contribution in [0.2, 0.25) is 0 Å². The smallest absolute Gasteiger partial charge is 0.407 e. The first-order valence-electron chi connectivity index (χ1n) is 5.62. The Labute approximate surface area is 95.8 Å². The van der Waals surface area contributed by atoms with Gasteiger partial charge in [0.05, 0.1) is 18.8 Å². The molecule has 0 aromatic heterocycles. The summed E-state index contributed by atoms with van der Waals surface area (Å²) >= 11 is 0. The minimum absolute atomic E-state index is 0.259. The number of ether oxygens (including phenoxy) is 1. The Hall–Kier alpha value is -0.810. The van der Waals surface area contributed by atoms with Crippen molar-refractivity contribution < 1.29 is 19.7 Å². The van der Waals surface area contributed by atoms with Crippen molar-refractivity contribution in [1.82, 2.24) is 5.32 Å². The van der Waals surface area contributed by atoms with E-state index >= 15 is 0 Å². The average Bonchev–Trinajstić information content (AvgIpc) is 2.93. The summed E-state index contributed by atoms with van der Waals surface area (Å²) in [6.45, 7) is 4.99. The highest BCUT2D eigenvalue weighted by atomic mass is 16.6. The van der Waals surface area contributed by atoms with Crippen molar-refractivity contribution in [2.24, 2.45) is 5.92 Å². The van der Waals surface area contributed by atoms with Crippen molar-refractivity contribution in [2.75, 3.05) is 6.61 Å². The minimum atomic E-state index is -0.917. The molecule has 2 atom stereocenters. The van der Waals surface area contributed by atoms with Crippen molar-refractivity contribution in [3.63, 3.8) is 0 Å². The molecule has 94 valence electrons. The second kappa shape index (κ2) is 5.01. The Bertz CT molecular complexity index is 245. The molecular formula is C11H21NO4. The molecule has 0 aromatic rings. The van der Waals surface area contributed by atoms with Gasteiger partial charge in [0.15, 0.2) is 0 Å². The van der Waals surface area contributed by atoms with Crippen molar-refractivity contribution in [2.45, 2.75) is 51.4 Å². The molecule has 0 saturated heterocycles. The lowest BCUT2D eigenvalue weighted by Gasteiger charge is -2.25. The molecule has 1 rings (SSSR count). The number of carbonyl (C=O) groups excluding carboxylic acids is 1. The topological polar surface area (TPSA) is 78.8 Å². The van der Waals surface area contributed by atoms with Gasteiger partial charge in [-0.05, 0) is 39.5 Å². The van der Waals surface area contributed by atoms with Crippen molar-refractivity contribution in [1.29, 1.82) is 0 Å². The molecule has 3 N–H and O–H groups in total. The van der Waals surface area contributed by atoms with Crippen molar-refractivity contribution >= 4 is 6.09 Å². The first-order chi connectivity index (χ1) is 7.33. The van der Waals surface area contributed by atoms with E-state index in [0.717, 1.165) is 12.8 Å². The van der Waals surface area contributed by atoms with Crippen molar-refractivity contribution in [3.8, 4) is 0 Å². The van der Waals surface area contributed by atoms with Crippen LogP contribution in [0.25, 0.3) is 0 Å². The zero-order chi connectivity index (χ0) is 12.3. The molecular weight excluding hydrogens is 210 g/mol. The minimum Gasteiger partial charge on any atom is -0.444 e. The maximum Gasteiger partial charge on any atom is 0.407 e. The molecule has 0 heterocycles. The molecule has 0 spiro atoms. The molecule has 0 radical (unpaired) electrons. The molecule has 5 nitrogen and oxygen atoms in total. The summed E-state index contributed by atoms with van der Waals surface area (Å²) in [6, 6.07) is -0.403. The number of hydrogen-bond donors (Lipinski definition) is 3. The number of alkyl carbamates (subject to hydrolysis) is 1. The van der Waals surface area contributed by atoms with Gasteiger partial charge in [0.1, 0.15) is 5.60 Å². The molecule has 1 aliphatic carbocycles. The Morgan fingerprint density at radius 1 is 1.50 bits per heavy atom. The van der Waals surface area contributed by atoms with E-state index in [1.807, 2.05) is 0 Å². The number of rotatable bonds is 4. The first kappa shape index (κ1) is 13.3. The lowest BCUT2D eigenvalue weighted by atomic mass is 10.1. The molecule has 1 fully saturated rings. The van der Waals surface area contributed by atoms with Gasteiger partial charge in [-0.2, -0.15) is 0 Å². The number of hydrogen-bond acceptors (Lipinski definition) is 4. The predicted octanol–water partition coefficient (Wildman–Crippen LogP) is 0.643. The lowest BCUT2D eigenvalue weighted by molar-refractivity contribution is 0.0282. The second-order valence-electron chi connectivity index (χ2n) is 5.26. The SMILES string of the molecule is CC(C)(C)OC(=O)NC(C(O)CO)C1CC1. The molecule has 1 aliphatic rings. The monoisotopic (exact) mass is 231 g/mol. The zero-order valence-corrected chi connectivity index (χ0v) is 10.1.